The standard InChI is InChI=1S/C26H28F3N3O3/c27-26(28,29)22-5-4-6-23(16-22)31-13-11-30(12-14-31)10-3-1-2-7-24(33)32-17-20-9-8-19(25(34)35)15-21(20)18-32/h4-6,8-9,15-18H,1-3,7,10-14H2,(H,34,35). The largest absolute Gasteiger partial charge is 0.478 e. The first-order valence-electron chi connectivity index (χ1n) is 11.7. The second-order valence-corrected chi connectivity index (χ2v) is 8.90. The van der Waals surface area contributed by atoms with Crippen LogP contribution in [0.5, 0.6) is 0 Å². The number of carboxylic acids is 1. The van der Waals surface area contributed by atoms with Crippen LogP contribution in [-0.2, 0) is 6.18 Å². The van der Waals surface area contributed by atoms with E-state index in [0.29, 0.717) is 25.2 Å². The molecule has 1 saturated heterocycles. The molecule has 4 rings (SSSR count). The Morgan fingerprint density at radius 3 is 2.34 bits per heavy atom. The number of piperazine rings is 1. The molecule has 186 valence electrons. The molecule has 1 aliphatic heterocycles. The molecule has 1 aliphatic rings. The number of hydrogen-bond donors (Lipinski definition) is 1. The third-order valence-electron chi connectivity index (χ3n) is 6.45. The molecule has 0 amide bonds. The van der Waals surface area contributed by atoms with Gasteiger partial charge in [0.1, 0.15) is 0 Å². The van der Waals surface area contributed by atoms with Crippen LogP contribution in [0.1, 0.15) is 46.4 Å². The molecule has 1 N–H and O–H groups in total. The molecular formula is C26H28F3N3O3. The molecule has 2 aromatic carbocycles. The fraction of sp³-hybridized carbons (Fsp3) is 0.385. The number of aromatic nitrogens is 1. The van der Waals surface area contributed by atoms with Gasteiger partial charge in [0, 0.05) is 56.1 Å². The summed E-state index contributed by atoms with van der Waals surface area (Å²) < 4.78 is 40.4. The first-order valence-corrected chi connectivity index (χ1v) is 11.7. The molecule has 0 spiro atoms. The van der Waals surface area contributed by atoms with E-state index in [2.05, 4.69) is 4.90 Å². The summed E-state index contributed by atoms with van der Waals surface area (Å²) in [7, 11) is 0. The van der Waals surface area contributed by atoms with Gasteiger partial charge in [0.05, 0.1) is 11.1 Å². The zero-order chi connectivity index (χ0) is 25.0. The number of carbonyl (C=O) groups excluding carboxylic acids is 1. The molecule has 0 bridgehead atoms. The van der Waals surface area contributed by atoms with Gasteiger partial charge in [-0.1, -0.05) is 18.6 Å². The molecule has 0 radical (unpaired) electrons. The number of alkyl halides is 3. The van der Waals surface area contributed by atoms with E-state index in [1.54, 1.807) is 30.6 Å². The van der Waals surface area contributed by atoms with E-state index in [9.17, 15) is 22.8 Å². The van der Waals surface area contributed by atoms with Gasteiger partial charge < -0.3 is 10.0 Å². The lowest BCUT2D eigenvalue weighted by atomic mass is 10.1. The lowest BCUT2D eigenvalue weighted by Gasteiger charge is -2.36. The predicted octanol–water partition coefficient (Wildman–Crippen LogP) is 5.38. The number of carboxylic acid groups (broad SMARTS) is 1. The number of fused-ring (bicyclic) bond motifs is 1. The zero-order valence-electron chi connectivity index (χ0n) is 19.3. The van der Waals surface area contributed by atoms with Crippen molar-refractivity contribution in [2.45, 2.75) is 31.9 Å². The molecule has 1 aromatic heterocycles. The highest BCUT2D eigenvalue weighted by Crippen LogP contribution is 2.32. The van der Waals surface area contributed by atoms with E-state index >= 15 is 0 Å². The van der Waals surface area contributed by atoms with Crippen LogP contribution in [0.15, 0.2) is 54.9 Å². The monoisotopic (exact) mass is 487 g/mol. The summed E-state index contributed by atoms with van der Waals surface area (Å²) >= 11 is 0. The van der Waals surface area contributed by atoms with Crippen LogP contribution in [0.3, 0.4) is 0 Å². The topological polar surface area (TPSA) is 65.8 Å². The molecule has 35 heavy (non-hydrogen) atoms. The Morgan fingerprint density at radius 1 is 0.886 bits per heavy atom. The van der Waals surface area contributed by atoms with Gasteiger partial charge in [-0.25, -0.2) is 4.79 Å². The van der Waals surface area contributed by atoms with Crippen molar-refractivity contribution in [1.29, 1.82) is 0 Å². The van der Waals surface area contributed by atoms with Crippen molar-refractivity contribution in [3.8, 4) is 0 Å². The smallest absolute Gasteiger partial charge is 0.416 e. The molecule has 0 atom stereocenters. The Labute approximate surface area is 201 Å². The summed E-state index contributed by atoms with van der Waals surface area (Å²) in [5, 5.41) is 10.7. The molecule has 9 heteroatoms. The highest BCUT2D eigenvalue weighted by atomic mass is 19.4. The number of benzene rings is 2. The van der Waals surface area contributed by atoms with Crippen molar-refractivity contribution < 1.29 is 27.9 Å². The molecule has 0 saturated carbocycles. The average Bonchev–Trinajstić information content (AvgIpc) is 3.27. The summed E-state index contributed by atoms with van der Waals surface area (Å²) in [5.74, 6) is -1.02. The first-order chi connectivity index (χ1) is 16.7. The van der Waals surface area contributed by atoms with Gasteiger partial charge in [-0.15, -0.1) is 0 Å². The van der Waals surface area contributed by atoms with Crippen molar-refractivity contribution in [2.24, 2.45) is 0 Å². The number of nitrogens with zero attached hydrogens (tertiary/aromatic N) is 3. The maximum atomic E-state index is 13.0. The van der Waals surface area contributed by atoms with Crippen LogP contribution in [0.4, 0.5) is 18.9 Å². The third kappa shape index (κ3) is 6.22. The number of unbranched alkanes of at least 4 members (excludes halogenated alkanes) is 2. The van der Waals surface area contributed by atoms with Crippen LogP contribution in [0.25, 0.3) is 10.8 Å². The van der Waals surface area contributed by atoms with E-state index in [1.807, 2.05) is 4.90 Å². The highest BCUT2D eigenvalue weighted by molar-refractivity contribution is 5.96. The maximum absolute atomic E-state index is 13.0. The Kier molecular flexibility index (Phi) is 7.45. The molecule has 3 aromatic rings. The number of hydrogen-bond acceptors (Lipinski definition) is 4. The van der Waals surface area contributed by atoms with Crippen molar-refractivity contribution in [3.63, 3.8) is 0 Å². The van der Waals surface area contributed by atoms with Crippen LogP contribution in [-0.4, -0.2) is 59.2 Å². The SMILES string of the molecule is O=C(O)c1ccc2cn(C(=O)CCCCCN3CCN(c4cccc(C(F)(F)F)c4)CC3)cc2c1. The van der Waals surface area contributed by atoms with Crippen molar-refractivity contribution in [1.82, 2.24) is 9.47 Å². The highest BCUT2D eigenvalue weighted by Gasteiger charge is 2.31. The second-order valence-electron chi connectivity index (χ2n) is 8.90. The van der Waals surface area contributed by atoms with E-state index in [0.717, 1.165) is 55.7 Å². The van der Waals surface area contributed by atoms with E-state index in [1.165, 1.54) is 22.8 Å². The molecule has 2 heterocycles. The first kappa shape index (κ1) is 24.8. The third-order valence-corrected chi connectivity index (χ3v) is 6.45. The predicted molar refractivity (Wildman–Crippen MR) is 128 cm³/mol. The lowest BCUT2D eigenvalue weighted by Crippen LogP contribution is -2.46. The lowest BCUT2D eigenvalue weighted by molar-refractivity contribution is -0.137. The van der Waals surface area contributed by atoms with Gasteiger partial charge in [-0.3, -0.25) is 14.3 Å². The quantitative estimate of drug-likeness (QED) is 0.432. The van der Waals surface area contributed by atoms with Crippen molar-refractivity contribution in [2.75, 3.05) is 37.6 Å². The van der Waals surface area contributed by atoms with Gasteiger partial charge >= 0.3 is 12.1 Å². The summed E-state index contributed by atoms with van der Waals surface area (Å²) in [5.41, 5.74) is 0.179. The van der Waals surface area contributed by atoms with E-state index < -0.39 is 17.7 Å². The normalized spacial score (nSPS) is 15.0. The summed E-state index contributed by atoms with van der Waals surface area (Å²) in [6.45, 7) is 3.86. The summed E-state index contributed by atoms with van der Waals surface area (Å²) in [4.78, 5) is 27.9. The Morgan fingerprint density at radius 2 is 1.63 bits per heavy atom. The van der Waals surface area contributed by atoms with Gasteiger partial charge in [-0.2, -0.15) is 13.2 Å². The van der Waals surface area contributed by atoms with Gasteiger partial charge in [-0.05, 0) is 55.1 Å². The molecule has 6 nitrogen and oxygen atoms in total. The van der Waals surface area contributed by atoms with Crippen molar-refractivity contribution >= 4 is 28.3 Å². The van der Waals surface area contributed by atoms with Crippen LogP contribution in [0, 0.1) is 0 Å². The average molecular weight is 488 g/mol. The van der Waals surface area contributed by atoms with Gasteiger partial charge in [0.15, 0.2) is 0 Å². The molecule has 0 aliphatic carbocycles. The number of carbonyl (C=O) groups is 2. The van der Waals surface area contributed by atoms with Crippen molar-refractivity contribution in [3.05, 3.63) is 66.0 Å². The molecular weight excluding hydrogens is 459 g/mol. The Hall–Kier alpha value is -3.33. The molecule has 1 fully saturated rings. The minimum Gasteiger partial charge on any atom is -0.478 e. The van der Waals surface area contributed by atoms with Crippen LogP contribution >= 0.6 is 0 Å². The number of halogens is 3. The van der Waals surface area contributed by atoms with Crippen LogP contribution < -0.4 is 4.90 Å². The fourth-order valence-electron chi connectivity index (χ4n) is 4.44. The Bertz CT molecular complexity index is 1200. The van der Waals surface area contributed by atoms with Gasteiger partial charge in [0.2, 0.25) is 5.91 Å². The Balaban J connectivity index is 1.17. The number of aromatic carboxylic acids is 1. The number of anilines is 1. The van der Waals surface area contributed by atoms with E-state index in [4.69, 9.17) is 5.11 Å². The minimum absolute atomic E-state index is 0.0206. The number of rotatable bonds is 8. The van der Waals surface area contributed by atoms with E-state index in [-0.39, 0.29) is 11.5 Å². The zero-order valence-corrected chi connectivity index (χ0v) is 19.3. The minimum atomic E-state index is -4.34. The molecule has 0 unspecified atom stereocenters. The second kappa shape index (κ2) is 10.5. The summed E-state index contributed by atoms with van der Waals surface area (Å²) in [6, 6.07) is 10.3. The maximum Gasteiger partial charge on any atom is 0.416 e. The fourth-order valence-corrected chi connectivity index (χ4v) is 4.44. The van der Waals surface area contributed by atoms with Gasteiger partial charge in [0.25, 0.3) is 0 Å². The summed E-state index contributed by atoms with van der Waals surface area (Å²) in [6.07, 6.45) is 2.10. The van der Waals surface area contributed by atoms with Crippen LogP contribution in [0.2, 0.25) is 0 Å².